The van der Waals surface area contributed by atoms with Crippen molar-refractivity contribution in [1.29, 1.82) is 0 Å². The predicted octanol–water partition coefficient (Wildman–Crippen LogP) is 0.584. The molecule has 3 nitrogen and oxygen atoms in total. The lowest BCUT2D eigenvalue weighted by Gasteiger charge is -2.21. The summed E-state index contributed by atoms with van der Waals surface area (Å²) in [4.78, 5) is 12.2. The molecule has 3 atom stereocenters. The van der Waals surface area contributed by atoms with Crippen LogP contribution in [0.5, 0.6) is 0 Å². The number of likely N-dealkylation sites (tertiary alicyclic amines) is 1. The number of carboxylic acid groups (broad SMARTS) is 1. The number of hydrogen-bond acceptors (Lipinski definition) is 2. The van der Waals surface area contributed by atoms with E-state index < -0.39 is 6.09 Å². The molecule has 62 valence electrons. The Morgan fingerprint density at radius 1 is 1.73 bits per heavy atom. The molecule has 2 fully saturated rings. The van der Waals surface area contributed by atoms with E-state index in [1.54, 1.807) is 4.90 Å². The lowest BCUT2D eigenvalue weighted by atomic mass is 10.2. The fraction of sp³-hybridized carbons (Fsp3) is 0.833. The first-order valence-electron chi connectivity index (χ1n) is 3.57. The van der Waals surface area contributed by atoms with Crippen molar-refractivity contribution in [2.45, 2.75) is 17.7 Å². The van der Waals surface area contributed by atoms with Crippen LogP contribution in [0.15, 0.2) is 0 Å². The topological polar surface area (TPSA) is 40.5 Å². The van der Waals surface area contributed by atoms with Crippen LogP contribution < -0.4 is 0 Å². The molecule has 2 rings (SSSR count). The fourth-order valence-electron chi connectivity index (χ4n) is 1.80. The monoisotopic (exact) mass is 192 g/mol. The van der Waals surface area contributed by atoms with Crippen molar-refractivity contribution in [3.8, 4) is 0 Å². The van der Waals surface area contributed by atoms with Gasteiger partial charge in [0.2, 0.25) is 0 Å². The third-order valence-electron chi connectivity index (χ3n) is 2.37. The molecule has 11 heavy (non-hydrogen) atoms. The Morgan fingerprint density at radius 3 is 2.82 bits per heavy atom. The highest BCUT2D eigenvalue weighted by Gasteiger charge is 2.52. The van der Waals surface area contributed by atoms with Gasteiger partial charge in [0.15, 0.2) is 0 Å². The number of hydrogen-bond donors (Lipinski definition) is 2. The van der Waals surface area contributed by atoms with Gasteiger partial charge in [-0.25, -0.2) is 4.79 Å². The minimum atomic E-state index is -0.762. The van der Waals surface area contributed by atoms with Gasteiger partial charge in [-0.15, -0.1) is 0 Å². The van der Waals surface area contributed by atoms with Gasteiger partial charge in [0.25, 0.3) is 0 Å². The van der Waals surface area contributed by atoms with Gasteiger partial charge in [-0.1, -0.05) is 0 Å². The van der Waals surface area contributed by atoms with Gasteiger partial charge in [-0.2, -0.15) is 0 Å². The van der Waals surface area contributed by atoms with E-state index in [0.717, 1.165) is 12.2 Å². The van der Waals surface area contributed by atoms with Crippen LogP contribution in [0.2, 0.25) is 0 Å². The number of nitrogens with zero attached hydrogens (tertiary/aromatic N) is 1. The molecule has 5 heteroatoms. The SMILES string of the molecule is O=C(O)N1CC2CC1C[S+]2S. The largest absolute Gasteiger partial charge is 0.465 e. The molecule has 1 amide bonds. The van der Waals surface area contributed by atoms with Crippen molar-refractivity contribution in [2.75, 3.05) is 12.3 Å². The van der Waals surface area contributed by atoms with Crippen LogP contribution in [0.25, 0.3) is 0 Å². The summed E-state index contributed by atoms with van der Waals surface area (Å²) in [6.45, 7) is 0.715. The highest BCUT2D eigenvalue weighted by atomic mass is 33.1. The van der Waals surface area contributed by atoms with E-state index in [1.807, 2.05) is 0 Å². The average molecular weight is 192 g/mol. The standard InChI is InChI=1S/C6H9NO2S2/c8-6(9)7-2-5-1-4(7)3-11(5)10/h4-5,10H,1-3H2/p+1. The Hall–Kier alpha value is -0.0300. The second-order valence-electron chi connectivity index (χ2n) is 3.01. The van der Waals surface area contributed by atoms with Crippen LogP contribution in [0.3, 0.4) is 0 Å². The molecule has 2 aliphatic heterocycles. The summed E-state index contributed by atoms with van der Waals surface area (Å²) in [6.07, 6.45) is 0.279. The van der Waals surface area contributed by atoms with E-state index in [2.05, 4.69) is 11.7 Å². The maximum atomic E-state index is 10.6. The minimum absolute atomic E-state index is 0.191. The zero-order valence-electron chi connectivity index (χ0n) is 5.93. The lowest BCUT2D eigenvalue weighted by Crippen LogP contribution is -2.42. The van der Waals surface area contributed by atoms with E-state index in [0.29, 0.717) is 11.8 Å². The lowest BCUT2D eigenvalue weighted by molar-refractivity contribution is 0.143. The first-order valence-corrected chi connectivity index (χ1v) is 6.08. The third kappa shape index (κ3) is 1.10. The molecule has 2 heterocycles. The van der Waals surface area contributed by atoms with Gasteiger partial charge in [0.05, 0.1) is 34.2 Å². The van der Waals surface area contributed by atoms with Gasteiger partial charge in [-0.05, 0) is 0 Å². The van der Waals surface area contributed by atoms with E-state index >= 15 is 0 Å². The quantitative estimate of drug-likeness (QED) is 0.335. The molecule has 0 saturated carbocycles. The first-order chi connectivity index (χ1) is 5.18. The maximum Gasteiger partial charge on any atom is 0.407 e. The summed E-state index contributed by atoms with van der Waals surface area (Å²) in [6, 6.07) is 0.276. The number of thiol groups is 1. The Kier molecular flexibility index (Phi) is 1.72. The molecule has 0 aliphatic carbocycles. The number of amides is 1. The fourth-order valence-corrected chi connectivity index (χ4v) is 4.53. The summed E-state index contributed by atoms with van der Waals surface area (Å²) in [7, 11) is 0.191. The zero-order chi connectivity index (χ0) is 8.01. The first kappa shape index (κ1) is 7.61. The van der Waals surface area contributed by atoms with E-state index in [4.69, 9.17) is 5.11 Å². The Morgan fingerprint density at radius 2 is 2.45 bits per heavy atom. The highest BCUT2D eigenvalue weighted by Crippen LogP contribution is 2.35. The van der Waals surface area contributed by atoms with Gasteiger partial charge >= 0.3 is 6.09 Å². The van der Waals surface area contributed by atoms with Crippen LogP contribution in [-0.2, 0) is 9.93 Å². The summed E-state index contributed by atoms with van der Waals surface area (Å²) >= 11 is 4.42. The number of fused-ring (bicyclic) bond motifs is 2. The number of rotatable bonds is 0. The van der Waals surface area contributed by atoms with Crippen LogP contribution in [-0.4, -0.2) is 39.7 Å². The smallest absolute Gasteiger partial charge is 0.407 e. The average Bonchev–Trinajstić information content (AvgIpc) is 2.43. The van der Waals surface area contributed by atoms with Crippen molar-refractivity contribution < 1.29 is 9.90 Å². The second kappa shape index (κ2) is 2.48. The Labute approximate surface area is 72.9 Å². The summed E-state index contributed by atoms with van der Waals surface area (Å²) in [5.74, 6) is 0.972. The van der Waals surface area contributed by atoms with Gasteiger partial charge < -0.3 is 5.11 Å². The molecule has 0 aromatic rings. The molecule has 2 bridgehead atoms. The molecule has 1 N–H and O–H groups in total. The Balaban J connectivity index is 2.08. The molecule has 3 unspecified atom stereocenters. The van der Waals surface area contributed by atoms with Crippen molar-refractivity contribution >= 4 is 27.7 Å². The number of carbonyl (C=O) groups is 1. The van der Waals surface area contributed by atoms with Crippen molar-refractivity contribution in [3.05, 3.63) is 0 Å². The Bertz CT molecular complexity index is 197. The van der Waals surface area contributed by atoms with Crippen molar-refractivity contribution in [3.63, 3.8) is 0 Å². The zero-order valence-corrected chi connectivity index (χ0v) is 7.65. The van der Waals surface area contributed by atoms with Gasteiger partial charge in [-0.3, -0.25) is 4.90 Å². The highest BCUT2D eigenvalue weighted by molar-refractivity contribution is 8.66. The van der Waals surface area contributed by atoms with E-state index in [-0.39, 0.29) is 16.0 Å². The molecular formula is C6H10NO2S2+. The minimum Gasteiger partial charge on any atom is -0.465 e. The molecular weight excluding hydrogens is 182 g/mol. The van der Waals surface area contributed by atoms with Crippen LogP contribution in [0.4, 0.5) is 4.79 Å². The summed E-state index contributed by atoms with van der Waals surface area (Å²) in [5, 5.41) is 9.27. The normalized spacial score (nSPS) is 41.5. The maximum absolute atomic E-state index is 10.6. The van der Waals surface area contributed by atoms with E-state index in [1.165, 1.54) is 0 Å². The van der Waals surface area contributed by atoms with Crippen molar-refractivity contribution in [2.24, 2.45) is 0 Å². The molecule has 0 aromatic heterocycles. The molecule has 2 aliphatic rings. The van der Waals surface area contributed by atoms with Gasteiger partial charge in [0, 0.05) is 6.42 Å². The third-order valence-corrected chi connectivity index (χ3v) is 5.55. The van der Waals surface area contributed by atoms with E-state index in [9.17, 15) is 4.79 Å². The van der Waals surface area contributed by atoms with Crippen LogP contribution in [0, 0.1) is 0 Å². The molecule has 0 aromatic carbocycles. The molecule has 0 spiro atoms. The molecule has 0 radical (unpaired) electrons. The summed E-state index contributed by atoms with van der Waals surface area (Å²) < 4.78 is 0. The predicted molar refractivity (Wildman–Crippen MR) is 48.1 cm³/mol. The van der Waals surface area contributed by atoms with Crippen molar-refractivity contribution in [1.82, 2.24) is 4.90 Å². The van der Waals surface area contributed by atoms with Crippen LogP contribution in [0.1, 0.15) is 6.42 Å². The van der Waals surface area contributed by atoms with Crippen LogP contribution >= 0.6 is 11.7 Å². The summed E-state index contributed by atoms with van der Waals surface area (Å²) in [5.41, 5.74) is 0. The molecule has 2 saturated heterocycles. The second-order valence-corrected chi connectivity index (χ2v) is 6.22. The van der Waals surface area contributed by atoms with Gasteiger partial charge in [0.1, 0.15) is 11.0 Å².